The van der Waals surface area contributed by atoms with Gasteiger partial charge in [0.05, 0.1) is 6.54 Å². The number of nitrogens with zero attached hydrogens (tertiary/aromatic N) is 3. The first-order valence-electron chi connectivity index (χ1n) is 9.53. The molecule has 1 aliphatic rings. The van der Waals surface area contributed by atoms with E-state index in [2.05, 4.69) is 38.2 Å². The Morgan fingerprint density at radius 2 is 1.89 bits per heavy atom. The third-order valence-electron chi connectivity index (χ3n) is 5.27. The normalized spacial score (nSPS) is 13.0. The highest BCUT2D eigenvalue weighted by Crippen LogP contribution is 2.32. The first-order valence-corrected chi connectivity index (χ1v) is 9.53. The third kappa shape index (κ3) is 2.97. The van der Waals surface area contributed by atoms with E-state index in [9.17, 15) is 4.79 Å². The van der Waals surface area contributed by atoms with Crippen LogP contribution in [0.25, 0.3) is 22.3 Å². The van der Waals surface area contributed by atoms with E-state index in [0.717, 1.165) is 30.3 Å². The van der Waals surface area contributed by atoms with Crippen LogP contribution in [0.2, 0.25) is 0 Å². The molecule has 0 bridgehead atoms. The lowest BCUT2D eigenvalue weighted by molar-refractivity contribution is -0.121. The van der Waals surface area contributed by atoms with Crippen molar-refractivity contribution in [3.63, 3.8) is 0 Å². The second-order valence-corrected chi connectivity index (χ2v) is 7.04. The van der Waals surface area contributed by atoms with Crippen LogP contribution in [0.1, 0.15) is 23.6 Å². The molecule has 140 valence electrons. The number of para-hydroxylation sites is 1. The Bertz CT molecular complexity index is 1140. The molecule has 2 aromatic heterocycles. The highest BCUT2D eigenvalue weighted by molar-refractivity contribution is 5.88. The second-order valence-electron chi connectivity index (χ2n) is 7.04. The van der Waals surface area contributed by atoms with Gasteiger partial charge in [0.2, 0.25) is 17.6 Å². The molecular weight excluding hydrogens is 352 g/mol. The average molecular weight is 372 g/mol. The predicted octanol–water partition coefficient (Wildman–Crippen LogP) is 3.50. The van der Waals surface area contributed by atoms with E-state index in [1.807, 2.05) is 36.4 Å². The molecule has 0 saturated heterocycles. The molecule has 0 unspecified atom stereocenters. The molecule has 0 saturated carbocycles. The van der Waals surface area contributed by atoms with Crippen molar-refractivity contribution in [3.8, 4) is 11.4 Å². The SMILES string of the molecule is O=C(Cn1c2c(c3ccccc31)CCC2)NCc1nc(-c2ccccc2)no1. The number of aromatic nitrogens is 3. The predicted molar refractivity (Wildman–Crippen MR) is 106 cm³/mol. The van der Waals surface area contributed by atoms with Gasteiger partial charge >= 0.3 is 0 Å². The van der Waals surface area contributed by atoms with Crippen molar-refractivity contribution >= 4 is 16.8 Å². The van der Waals surface area contributed by atoms with Crippen LogP contribution in [0.4, 0.5) is 0 Å². The van der Waals surface area contributed by atoms with Gasteiger partial charge in [-0.25, -0.2) is 0 Å². The fraction of sp³-hybridized carbons (Fsp3) is 0.227. The smallest absolute Gasteiger partial charge is 0.246 e. The van der Waals surface area contributed by atoms with E-state index in [4.69, 9.17) is 4.52 Å². The van der Waals surface area contributed by atoms with Crippen molar-refractivity contribution in [3.05, 3.63) is 71.7 Å². The van der Waals surface area contributed by atoms with Gasteiger partial charge in [-0.05, 0) is 30.9 Å². The van der Waals surface area contributed by atoms with Gasteiger partial charge in [0.25, 0.3) is 0 Å². The summed E-state index contributed by atoms with van der Waals surface area (Å²) >= 11 is 0. The van der Waals surface area contributed by atoms with E-state index in [1.165, 1.54) is 16.6 Å². The van der Waals surface area contributed by atoms with E-state index < -0.39 is 0 Å². The van der Waals surface area contributed by atoms with Crippen molar-refractivity contribution in [2.45, 2.75) is 32.4 Å². The molecule has 4 aromatic rings. The number of fused-ring (bicyclic) bond motifs is 3. The summed E-state index contributed by atoms with van der Waals surface area (Å²) in [4.78, 5) is 16.9. The summed E-state index contributed by atoms with van der Waals surface area (Å²) in [6.45, 7) is 0.523. The third-order valence-corrected chi connectivity index (χ3v) is 5.27. The first kappa shape index (κ1) is 16.7. The Morgan fingerprint density at radius 1 is 1.07 bits per heavy atom. The van der Waals surface area contributed by atoms with Gasteiger partial charge in [-0.2, -0.15) is 4.98 Å². The van der Waals surface area contributed by atoms with E-state index in [0.29, 0.717) is 18.3 Å². The molecule has 2 aromatic carbocycles. The van der Waals surface area contributed by atoms with Crippen LogP contribution in [-0.2, 0) is 30.7 Å². The van der Waals surface area contributed by atoms with Crippen molar-refractivity contribution in [1.82, 2.24) is 20.0 Å². The highest BCUT2D eigenvalue weighted by Gasteiger charge is 2.22. The minimum atomic E-state index is -0.0603. The first-order chi connectivity index (χ1) is 13.8. The lowest BCUT2D eigenvalue weighted by atomic mass is 10.1. The van der Waals surface area contributed by atoms with Gasteiger partial charge in [-0.1, -0.05) is 53.7 Å². The Morgan fingerprint density at radius 3 is 2.79 bits per heavy atom. The Kier molecular flexibility index (Phi) is 4.16. The minimum Gasteiger partial charge on any atom is -0.345 e. The molecule has 0 spiro atoms. The number of carbonyl (C=O) groups excluding carboxylic acids is 1. The minimum absolute atomic E-state index is 0.0603. The molecule has 1 amide bonds. The number of rotatable bonds is 5. The number of nitrogens with one attached hydrogen (secondary N) is 1. The number of hydrogen-bond donors (Lipinski definition) is 1. The monoisotopic (exact) mass is 372 g/mol. The summed E-state index contributed by atoms with van der Waals surface area (Å²) in [7, 11) is 0. The lowest BCUT2D eigenvalue weighted by Gasteiger charge is -2.09. The summed E-state index contributed by atoms with van der Waals surface area (Å²) < 4.78 is 7.42. The molecule has 0 atom stereocenters. The molecule has 1 aliphatic carbocycles. The number of benzene rings is 2. The number of amides is 1. The summed E-state index contributed by atoms with van der Waals surface area (Å²) in [6.07, 6.45) is 3.28. The van der Waals surface area contributed by atoms with Gasteiger partial charge < -0.3 is 14.4 Å². The Balaban J connectivity index is 1.29. The Labute approximate surface area is 162 Å². The van der Waals surface area contributed by atoms with E-state index in [1.54, 1.807) is 0 Å². The highest BCUT2D eigenvalue weighted by atomic mass is 16.5. The van der Waals surface area contributed by atoms with Crippen molar-refractivity contribution < 1.29 is 9.32 Å². The quantitative estimate of drug-likeness (QED) is 0.582. The van der Waals surface area contributed by atoms with Crippen molar-refractivity contribution in [2.75, 3.05) is 0 Å². The fourth-order valence-corrected chi connectivity index (χ4v) is 4.01. The van der Waals surface area contributed by atoms with Crippen molar-refractivity contribution in [1.29, 1.82) is 0 Å². The molecule has 0 aliphatic heterocycles. The van der Waals surface area contributed by atoms with Gasteiger partial charge in [0.1, 0.15) is 6.54 Å². The van der Waals surface area contributed by atoms with Gasteiger partial charge in [-0.15, -0.1) is 0 Å². The van der Waals surface area contributed by atoms with Gasteiger partial charge in [0.15, 0.2) is 0 Å². The van der Waals surface area contributed by atoms with Crippen LogP contribution >= 0.6 is 0 Å². The molecule has 0 radical (unpaired) electrons. The molecule has 6 heteroatoms. The van der Waals surface area contributed by atoms with Crippen LogP contribution in [-0.4, -0.2) is 20.6 Å². The Hall–Kier alpha value is -3.41. The van der Waals surface area contributed by atoms with E-state index >= 15 is 0 Å². The van der Waals surface area contributed by atoms with E-state index in [-0.39, 0.29) is 12.5 Å². The maximum absolute atomic E-state index is 12.6. The molecule has 0 fully saturated rings. The molecule has 2 heterocycles. The van der Waals surface area contributed by atoms with Gasteiger partial charge in [0, 0.05) is 22.2 Å². The summed E-state index contributed by atoms with van der Waals surface area (Å²) in [5.74, 6) is 0.865. The molecule has 5 rings (SSSR count). The zero-order valence-corrected chi connectivity index (χ0v) is 15.4. The molecule has 28 heavy (non-hydrogen) atoms. The largest absolute Gasteiger partial charge is 0.345 e. The van der Waals surface area contributed by atoms with Crippen LogP contribution in [0, 0.1) is 0 Å². The number of aryl methyl sites for hydroxylation is 1. The number of carbonyl (C=O) groups is 1. The zero-order chi connectivity index (χ0) is 18.9. The van der Waals surface area contributed by atoms with Crippen LogP contribution in [0.15, 0.2) is 59.1 Å². The van der Waals surface area contributed by atoms with Crippen molar-refractivity contribution in [2.24, 2.45) is 0 Å². The molecule has 6 nitrogen and oxygen atoms in total. The van der Waals surface area contributed by atoms with Gasteiger partial charge in [-0.3, -0.25) is 4.79 Å². The summed E-state index contributed by atoms with van der Waals surface area (Å²) in [6, 6.07) is 17.9. The maximum Gasteiger partial charge on any atom is 0.246 e. The second kappa shape index (κ2) is 6.96. The fourth-order valence-electron chi connectivity index (χ4n) is 4.01. The lowest BCUT2D eigenvalue weighted by Crippen LogP contribution is -2.27. The average Bonchev–Trinajstić information content (AvgIpc) is 3.45. The van der Waals surface area contributed by atoms with Crippen LogP contribution in [0.5, 0.6) is 0 Å². The zero-order valence-electron chi connectivity index (χ0n) is 15.4. The van der Waals surface area contributed by atoms with Crippen LogP contribution in [0.3, 0.4) is 0 Å². The number of hydrogen-bond acceptors (Lipinski definition) is 4. The summed E-state index contributed by atoms with van der Waals surface area (Å²) in [5.41, 5.74) is 4.71. The van der Waals surface area contributed by atoms with Crippen LogP contribution < -0.4 is 5.32 Å². The molecule has 1 N–H and O–H groups in total. The molecular formula is C22H20N4O2. The maximum atomic E-state index is 12.6. The standard InChI is InChI=1S/C22H20N4O2/c27-20(23-13-21-24-22(25-28-21)15-7-2-1-3-8-15)14-26-18-11-5-4-9-16(18)17-10-6-12-19(17)26/h1-5,7-9,11H,6,10,12-14H2,(H,23,27). The summed E-state index contributed by atoms with van der Waals surface area (Å²) in [5, 5.41) is 8.16. The topological polar surface area (TPSA) is 73.0 Å².